The number of aromatic amines is 2. The fourth-order valence-electron chi connectivity index (χ4n) is 6.82. The molecule has 0 fully saturated rings. The summed E-state index contributed by atoms with van der Waals surface area (Å²) in [6.45, 7) is 26.5. The minimum Gasteiger partial charge on any atom is -0.432 e. The van der Waals surface area contributed by atoms with Crippen molar-refractivity contribution in [3.8, 4) is 22.5 Å². The molecule has 0 spiro atoms. The maximum Gasteiger partial charge on any atom is 0.410 e. The Morgan fingerprint density at radius 1 is 0.547 bits per heavy atom. The summed E-state index contributed by atoms with van der Waals surface area (Å²) in [5.41, 5.74) is -0.00732. The lowest BCUT2D eigenvalue weighted by atomic mass is 9.76. The molecule has 16 nitrogen and oxygen atoms in total. The molecule has 4 atom stereocenters. The number of aromatic nitrogens is 6. The summed E-state index contributed by atoms with van der Waals surface area (Å²) in [6, 6.07) is 10.4. The zero-order valence-corrected chi connectivity index (χ0v) is 40.9. The van der Waals surface area contributed by atoms with Gasteiger partial charge in [-0.3, -0.25) is 9.59 Å². The Bertz CT molecular complexity index is 2360. The van der Waals surface area contributed by atoms with E-state index >= 15 is 0 Å². The number of hydrogen-bond donors (Lipinski definition) is 4. The number of benzene rings is 2. The van der Waals surface area contributed by atoms with Crippen molar-refractivity contribution < 1.29 is 28.7 Å². The van der Waals surface area contributed by atoms with Crippen molar-refractivity contribution in [3.63, 3.8) is 0 Å². The van der Waals surface area contributed by atoms with Gasteiger partial charge in [0.2, 0.25) is 0 Å². The maximum absolute atomic E-state index is 14.1. The summed E-state index contributed by atoms with van der Waals surface area (Å²) < 4.78 is 11.6. The SMILES string of the molecule is CN(C)C(=O)OC(C)(C(=O)N[C@H](c1nc2ccc(-c3ncc(-c4ccc5nc([C@@H](NC(=O)[C@](C)(OC(=O)N(C)C)C(C)(C)C)C(C)(C)C)[nH]c5c4)cn3)cc2[nH]1)C(C)(C)C)C(C)(C)C. The lowest BCUT2D eigenvalue weighted by Gasteiger charge is -2.42. The molecule has 3 heterocycles. The first-order valence-electron chi connectivity index (χ1n) is 21.5. The molecule has 0 bridgehead atoms. The Labute approximate surface area is 377 Å². The van der Waals surface area contributed by atoms with Gasteiger partial charge >= 0.3 is 12.2 Å². The van der Waals surface area contributed by atoms with Gasteiger partial charge in [0.15, 0.2) is 17.0 Å². The monoisotopic (exact) mass is 881 g/mol. The minimum atomic E-state index is -1.48. The van der Waals surface area contributed by atoms with Crippen molar-refractivity contribution in [2.75, 3.05) is 28.2 Å². The van der Waals surface area contributed by atoms with Crippen LogP contribution in [0.5, 0.6) is 0 Å². The van der Waals surface area contributed by atoms with Crippen LogP contribution in [0.2, 0.25) is 0 Å². The van der Waals surface area contributed by atoms with Crippen LogP contribution in [0.3, 0.4) is 0 Å². The second-order valence-corrected chi connectivity index (χ2v) is 21.6. The van der Waals surface area contributed by atoms with Crippen LogP contribution in [-0.4, -0.2) is 103 Å². The summed E-state index contributed by atoms with van der Waals surface area (Å²) in [7, 11) is 6.32. The van der Waals surface area contributed by atoms with Gasteiger partial charge < -0.3 is 39.9 Å². The van der Waals surface area contributed by atoms with E-state index in [0.29, 0.717) is 28.5 Å². The molecular formula is C48H68N10O6. The topological polar surface area (TPSA) is 200 Å². The summed E-state index contributed by atoms with van der Waals surface area (Å²) in [5.74, 6) is 0.779. The maximum atomic E-state index is 14.1. The van der Waals surface area contributed by atoms with Crippen molar-refractivity contribution in [2.24, 2.45) is 21.7 Å². The highest BCUT2D eigenvalue weighted by Gasteiger charge is 2.51. The molecular weight excluding hydrogens is 813 g/mol. The number of hydrogen-bond acceptors (Lipinski definition) is 10. The number of H-pyrrole nitrogens is 2. The number of fused-ring (bicyclic) bond motifs is 2. The van der Waals surface area contributed by atoms with Crippen molar-refractivity contribution in [3.05, 3.63) is 60.4 Å². The average molecular weight is 881 g/mol. The molecule has 64 heavy (non-hydrogen) atoms. The van der Waals surface area contributed by atoms with E-state index in [0.717, 1.165) is 27.7 Å². The first kappa shape index (κ1) is 49.0. The van der Waals surface area contributed by atoms with Crippen molar-refractivity contribution in [1.82, 2.24) is 50.3 Å². The number of ether oxygens (including phenoxy) is 2. The Morgan fingerprint density at radius 2 is 0.906 bits per heavy atom. The number of nitrogens with zero attached hydrogens (tertiary/aromatic N) is 6. The lowest BCUT2D eigenvalue weighted by molar-refractivity contribution is -0.153. The standard InChI is InChI=1S/C48H68N10O6/c1-43(2,3)34(55-39(59)47(13,45(7,8)9)63-41(61)57(15)16)37-51-30-21-19-27(23-32(30)53-37)29-25-49-36(50-26-29)28-20-22-31-33(24-28)54-38(52-31)35(44(4,5)6)56-40(60)48(14,46(10,11)12)64-42(62)58(17)18/h19-26,34-35H,1-18H3,(H,51,53)(H,52,54)(H,55,59)(H,56,60)/t34-,35-,47+,48?/m1/s1. The van der Waals surface area contributed by atoms with Crippen LogP contribution in [-0.2, 0) is 19.1 Å². The smallest absolute Gasteiger partial charge is 0.410 e. The molecule has 0 aliphatic carbocycles. The van der Waals surface area contributed by atoms with Gasteiger partial charge in [-0.2, -0.15) is 0 Å². The summed E-state index contributed by atoms with van der Waals surface area (Å²) in [6.07, 6.45) is 2.32. The van der Waals surface area contributed by atoms with E-state index in [1.807, 2.05) is 119 Å². The quantitative estimate of drug-likeness (QED) is 0.105. The predicted molar refractivity (Wildman–Crippen MR) is 249 cm³/mol. The molecule has 5 aromatic rings. The largest absolute Gasteiger partial charge is 0.432 e. The molecule has 2 aromatic carbocycles. The van der Waals surface area contributed by atoms with E-state index in [-0.39, 0.29) is 0 Å². The van der Waals surface area contributed by atoms with Crippen LogP contribution in [0.15, 0.2) is 48.8 Å². The number of amides is 4. The van der Waals surface area contributed by atoms with Gasteiger partial charge in [0.25, 0.3) is 11.8 Å². The summed E-state index contributed by atoms with van der Waals surface area (Å²) in [5, 5.41) is 6.31. The number of nitrogens with one attached hydrogen (secondary N) is 4. The Morgan fingerprint density at radius 3 is 1.25 bits per heavy atom. The molecule has 16 heteroatoms. The van der Waals surface area contributed by atoms with Crippen LogP contribution < -0.4 is 10.6 Å². The Hall–Kier alpha value is -6.06. The third-order valence-corrected chi connectivity index (χ3v) is 12.1. The van der Waals surface area contributed by atoms with Crippen LogP contribution in [0.25, 0.3) is 44.6 Å². The lowest BCUT2D eigenvalue weighted by Crippen LogP contribution is -2.58. The molecule has 5 rings (SSSR count). The van der Waals surface area contributed by atoms with Crippen molar-refractivity contribution >= 4 is 46.1 Å². The average Bonchev–Trinajstić information content (AvgIpc) is 3.80. The molecule has 4 amide bonds. The van der Waals surface area contributed by atoms with Crippen LogP contribution >= 0.6 is 0 Å². The Balaban J connectivity index is 1.39. The molecule has 0 aliphatic heterocycles. The fourth-order valence-corrected chi connectivity index (χ4v) is 6.82. The van der Waals surface area contributed by atoms with E-state index in [9.17, 15) is 19.2 Å². The number of carbonyl (C=O) groups excluding carboxylic acids is 4. The minimum absolute atomic E-state index is 0.427. The molecule has 3 aromatic heterocycles. The van der Waals surface area contributed by atoms with Gasteiger partial charge in [-0.05, 0) is 60.6 Å². The summed E-state index contributed by atoms with van der Waals surface area (Å²) >= 11 is 0. The zero-order chi connectivity index (χ0) is 48.1. The molecule has 0 saturated heterocycles. The van der Waals surface area contributed by atoms with Crippen molar-refractivity contribution in [1.29, 1.82) is 0 Å². The van der Waals surface area contributed by atoms with Crippen LogP contribution in [0, 0.1) is 21.7 Å². The third kappa shape index (κ3) is 10.0. The number of imidazole rings is 2. The highest BCUT2D eigenvalue weighted by atomic mass is 16.6. The predicted octanol–water partition coefficient (Wildman–Crippen LogP) is 8.98. The van der Waals surface area contributed by atoms with E-state index < -0.39 is 68.9 Å². The second-order valence-electron chi connectivity index (χ2n) is 21.6. The second kappa shape index (κ2) is 17.1. The van der Waals surface area contributed by atoms with Crippen LogP contribution in [0.1, 0.15) is 121 Å². The Kier molecular flexibility index (Phi) is 13.1. The van der Waals surface area contributed by atoms with E-state index in [1.54, 1.807) is 54.4 Å². The zero-order valence-electron chi connectivity index (χ0n) is 40.9. The number of carbonyl (C=O) groups is 4. The van der Waals surface area contributed by atoms with Gasteiger partial charge in [-0.1, -0.05) is 89.2 Å². The first-order valence-corrected chi connectivity index (χ1v) is 21.5. The molecule has 0 saturated carbocycles. The highest BCUT2D eigenvalue weighted by molar-refractivity contribution is 5.90. The molecule has 0 aliphatic rings. The normalized spacial score (nSPS) is 15.4. The molecule has 1 unspecified atom stereocenters. The van der Waals surface area contributed by atoms with Gasteiger partial charge in [-0.25, -0.2) is 29.5 Å². The van der Waals surface area contributed by atoms with E-state index in [1.165, 1.54) is 9.80 Å². The molecule has 346 valence electrons. The van der Waals surface area contributed by atoms with Crippen LogP contribution in [0.4, 0.5) is 9.59 Å². The first-order chi connectivity index (χ1) is 29.3. The van der Waals surface area contributed by atoms with E-state index in [4.69, 9.17) is 29.4 Å². The van der Waals surface area contributed by atoms with Gasteiger partial charge in [0.05, 0.1) is 34.2 Å². The fraction of sp³-hybridized carbons (Fsp3) is 0.542. The van der Waals surface area contributed by atoms with E-state index in [2.05, 4.69) is 20.6 Å². The number of rotatable bonds is 10. The summed E-state index contributed by atoms with van der Waals surface area (Å²) in [4.78, 5) is 82.2. The van der Waals surface area contributed by atoms with Crippen molar-refractivity contribution in [2.45, 2.75) is 120 Å². The van der Waals surface area contributed by atoms with Gasteiger partial charge in [0, 0.05) is 62.5 Å². The molecule has 4 N–H and O–H groups in total. The van der Waals surface area contributed by atoms with Gasteiger partial charge in [0.1, 0.15) is 11.6 Å². The third-order valence-electron chi connectivity index (χ3n) is 12.1. The van der Waals surface area contributed by atoms with Gasteiger partial charge in [-0.15, -0.1) is 0 Å². The highest BCUT2D eigenvalue weighted by Crippen LogP contribution is 2.40. The molecule has 0 radical (unpaired) electrons.